The van der Waals surface area contributed by atoms with Gasteiger partial charge in [0.1, 0.15) is 23.1 Å². The molecule has 4 aromatic rings. The topological polar surface area (TPSA) is 149 Å². The fourth-order valence-electron chi connectivity index (χ4n) is 4.42. The van der Waals surface area contributed by atoms with Crippen LogP contribution in [0.5, 0.6) is 5.75 Å². The lowest BCUT2D eigenvalue weighted by Gasteiger charge is -2.38. The van der Waals surface area contributed by atoms with Crippen LogP contribution in [0.3, 0.4) is 0 Å². The van der Waals surface area contributed by atoms with E-state index in [4.69, 9.17) is 14.7 Å². The summed E-state index contributed by atoms with van der Waals surface area (Å²) in [5.41, 5.74) is -1.47. The monoisotopic (exact) mass is 596 g/mol. The molecule has 43 heavy (non-hydrogen) atoms. The van der Waals surface area contributed by atoms with Crippen molar-refractivity contribution in [3.63, 3.8) is 0 Å². The number of nitriles is 1. The van der Waals surface area contributed by atoms with E-state index < -0.39 is 29.0 Å². The molecule has 13 nitrogen and oxygen atoms in total. The van der Waals surface area contributed by atoms with Crippen molar-refractivity contribution in [3.8, 4) is 11.8 Å². The van der Waals surface area contributed by atoms with Crippen molar-refractivity contribution in [3.05, 3.63) is 81.8 Å². The van der Waals surface area contributed by atoms with Gasteiger partial charge in [0.05, 0.1) is 68.9 Å². The number of nitrogens with zero attached hydrogens (tertiary/aromatic N) is 9. The van der Waals surface area contributed by atoms with Gasteiger partial charge in [-0.25, -0.2) is 19.3 Å². The van der Waals surface area contributed by atoms with Gasteiger partial charge in [0.15, 0.2) is 0 Å². The molecule has 3 aromatic heterocycles. The van der Waals surface area contributed by atoms with Gasteiger partial charge in [-0.3, -0.25) is 4.79 Å². The van der Waals surface area contributed by atoms with Crippen LogP contribution in [-0.2, 0) is 24.1 Å². The number of halogens is 3. The van der Waals surface area contributed by atoms with Gasteiger partial charge < -0.3 is 19.7 Å². The molecular weight excluding hydrogens is 569 g/mol. The third kappa shape index (κ3) is 6.89. The van der Waals surface area contributed by atoms with E-state index in [1.807, 2.05) is 11.0 Å². The number of hydrogen-bond acceptors (Lipinski definition) is 11. The number of ether oxygens (including phenoxy) is 2. The second-order valence-electron chi connectivity index (χ2n) is 9.93. The van der Waals surface area contributed by atoms with Crippen LogP contribution < -0.4 is 20.5 Å². The minimum Gasteiger partial charge on any atom is -0.497 e. The molecule has 0 radical (unpaired) electrons. The molecule has 1 aliphatic rings. The number of nitrogens with one attached hydrogen (secondary N) is 1. The Balaban J connectivity index is 1.14. The van der Waals surface area contributed by atoms with E-state index in [0.29, 0.717) is 41.6 Å². The van der Waals surface area contributed by atoms with E-state index in [1.165, 1.54) is 19.5 Å². The van der Waals surface area contributed by atoms with Crippen molar-refractivity contribution in [1.29, 1.82) is 5.26 Å². The first-order valence-corrected chi connectivity index (χ1v) is 13.2. The Hall–Kier alpha value is -5.04. The van der Waals surface area contributed by atoms with E-state index in [2.05, 4.69) is 30.7 Å². The van der Waals surface area contributed by atoms with E-state index in [1.54, 1.807) is 42.1 Å². The maximum atomic E-state index is 13.9. The van der Waals surface area contributed by atoms with Crippen LogP contribution in [0.2, 0.25) is 0 Å². The van der Waals surface area contributed by atoms with E-state index in [-0.39, 0.29) is 25.8 Å². The van der Waals surface area contributed by atoms with Crippen molar-refractivity contribution in [2.24, 2.45) is 0 Å². The molecule has 0 spiro atoms. The fourth-order valence-corrected chi connectivity index (χ4v) is 4.42. The highest BCUT2D eigenvalue weighted by Crippen LogP contribution is 2.32. The predicted octanol–water partition coefficient (Wildman–Crippen LogP) is 2.65. The zero-order chi connectivity index (χ0) is 30.6. The average Bonchev–Trinajstić information content (AvgIpc) is 3.42. The number of alkyl halides is 3. The Labute approximate surface area is 243 Å². The first-order valence-electron chi connectivity index (χ1n) is 13.2. The van der Waals surface area contributed by atoms with Crippen LogP contribution in [-0.4, -0.2) is 67.6 Å². The molecule has 5 rings (SSSR count). The van der Waals surface area contributed by atoms with E-state index >= 15 is 0 Å². The molecule has 0 bridgehead atoms. The van der Waals surface area contributed by atoms with Crippen LogP contribution in [0.1, 0.15) is 35.3 Å². The van der Waals surface area contributed by atoms with Crippen molar-refractivity contribution in [1.82, 2.24) is 34.7 Å². The summed E-state index contributed by atoms with van der Waals surface area (Å²) >= 11 is 0. The SMILES string of the molecule is COc1ccc(Cn2ncc(NC(C)COCc3cn(C4CN(c5ncc(C#N)cn5)C4)nn3)c(C(F)(F)F)c2=O)cc1. The molecule has 1 unspecified atom stereocenters. The summed E-state index contributed by atoms with van der Waals surface area (Å²) in [4.78, 5) is 23.1. The summed E-state index contributed by atoms with van der Waals surface area (Å²) in [7, 11) is 1.50. The predicted molar refractivity (Wildman–Crippen MR) is 146 cm³/mol. The van der Waals surface area contributed by atoms with Crippen molar-refractivity contribution < 1.29 is 22.6 Å². The Morgan fingerprint density at radius 1 is 1.16 bits per heavy atom. The summed E-state index contributed by atoms with van der Waals surface area (Å²) < 4.78 is 55.0. The molecule has 1 aliphatic heterocycles. The summed E-state index contributed by atoms with van der Waals surface area (Å²) in [5, 5.41) is 23.8. The summed E-state index contributed by atoms with van der Waals surface area (Å²) in [5.74, 6) is 1.11. The number of hydrogen-bond donors (Lipinski definition) is 1. The number of anilines is 2. The minimum atomic E-state index is -4.90. The normalized spacial score (nSPS) is 14.2. The number of aromatic nitrogens is 7. The third-order valence-electron chi connectivity index (χ3n) is 6.68. The summed E-state index contributed by atoms with van der Waals surface area (Å²) in [6.07, 6.45) is 0.782. The maximum absolute atomic E-state index is 13.9. The quantitative estimate of drug-likeness (QED) is 0.272. The molecule has 1 saturated heterocycles. The van der Waals surface area contributed by atoms with E-state index in [9.17, 15) is 18.0 Å². The highest BCUT2D eigenvalue weighted by atomic mass is 19.4. The van der Waals surface area contributed by atoms with Gasteiger partial charge in [-0.15, -0.1) is 5.10 Å². The molecular formula is C27H27F3N10O3. The lowest BCUT2D eigenvalue weighted by atomic mass is 10.1. The number of methoxy groups -OCH3 is 1. The molecule has 16 heteroatoms. The van der Waals surface area contributed by atoms with Crippen molar-refractivity contribution in [2.75, 3.05) is 37.0 Å². The summed E-state index contributed by atoms with van der Waals surface area (Å²) in [6, 6.07) is 8.06. The highest BCUT2D eigenvalue weighted by Gasteiger charge is 2.38. The molecule has 1 aromatic carbocycles. The van der Waals surface area contributed by atoms with Gasteiger partial charge in [0.2, 0.25) is 5.95 Å². The van der Waals surface area contributed by atoms with Crippen LogP contribution in [0, 0.1) is 11.3 Å². The van der Waals surface area contributed by atoms with Crippen LogP contribution in [0.25, 0.3) is 0 Å². The lowest BCUT2D eigenvalue weighted by molar-refractivity contribution is -0.138. The van der Waals surface area contributed by atoms with Gasteiger partial charge in [-0.1, -0.05) is 17.3 Å². The van der Waals surface area contributed by atoms with Gasteiger partial charge in [-0.2, -0.15) is 23.5 Å². The van der Waals surface area contributed by atoms with Crippen LogP contribution in [0.4, 0.5) is 24.8 Å². The molecule has 1 N–H and O–H groups in total. The number of rotatable bonds is 11. The third-order valence-corrected chi connectivity index (χ3v) is 6.68. The molecule has 0 amide bonds. The summed E-state index contributed by atoms with van der Waals surface area (Å²) in [6.45, 7) is 2.86. The van der Waals surface area contributed by atoms with Gasteiger partial charge in [0.25, 0.3) is 5.56 Å². The van der Waals surface area contributed by atoms with Gasteiger partial charge >= 0.3 is 6.18 Å². The molecule has 224 valence electrons. The Kier molecular flexibility index (Phi) is 8.53. The van der Waals surface area contributed by atoms with Crippen LogP contribution in [0.15, 0.2) is 53.8 Å². The molecule has 0 saturated carbocycles. The Morgan fingerprint density at radius 2 is 1.88 bits per heavy atom. The molecule has 1 atom stereocenters. The van der Waals surface area contributed by atoms with Crippen LogP contribution >= 0.6 is 0 Å². The second-order valence-corrected chi connectivity index (χ2v) is 9.93. The van der Waals surface area contributed by atoms with Crippen molar-refractivity contribution >= 4 is 11.6 Å². The van der Waals surface area contributed by atoms with E-state index in [0.717, 1.165) is 10.9 Å². The Morgan fingerprint density at radius 3 is 2.53 bits per heavy atom. The standard InChI is InChI=1S/C27H27F3N10O3/c1-17(15-43-16-20-12-39(37-36-20)21-13-38(14-21)26-32-8-19(7-31)9-33-26)35-23-10-34-40(25(41)24(23)27(28,29)30)11-18-3-5-22(42-2)6-4-18/h3-6,8-10,12,17,21,35H,11,13-16H2,1-2H3. The Bertz CT molecular complexity index is 1640. The fraction of sp³-hybridized carbons (Fsp3) is 0.370. The smallest absolute Gasteiger partial charge is 0.423 e. The molecule has 4 heterocycles. The van der Waals surface area contributed by atoms with Gasteiger partial charge in [-0.05, 0) is 24.6 Å². The number of benzene rings is 1. The molecule has 1 fully saturated rings. The molecule has 0 aliphatic carbocycles. The zero-order valence-corrected chi connectivity index (χ0v) is 23.2. The van der Waals surface area contributed by atoms with Crippen molar-refractivity contribution in [2.45, 2.75) is 38.3 Å². The maximum Gasteiger partial charge on any atom is 0.423 e. The van der Waals surface area contributed by atoms with Gasteiger partial charge in [0, 0.05) is 19.1 Å². The highest BCUT2D eigenvalue weighted by molar-refractivity contribution is 5.50. The first kappa shape index (κ1) is 29.5. The largest absolute Gasteiger partial charge is 0.497 e. The first-order chi connectivity index (χ1) is 20.6. The minimum absolute atomic E-state index is 0.0341. The second kappa shape index (κ2) is 12.4. The average molecular weight is 597 g/mol. The lowest BCUT2D eigenvalue weighted by Crippen LogP contribution is -2.48. The zero-order valence-electron chi connectivity index (χ0n) is 23.2.